The number of ether oxygens (including phenoxy) is 1. The average molecular weight is 811 g/mol. The Kier molecular flexibility index (Phi) is 15.3. The number of carbonyl (C=O) groups is 4. The van der Waals surface area contributed by atoms with Crippen LogP contribution in [0.4, 0.5) is 4.79 Å². The molecule has 1 aliphatic heterocycles. The Labute approximate surface area is 344 Å². The van der Waals surface area contributed by atoms with Gasteiger partial charge in [-0.3, -0.25) is 9.59 Å². The molecule has 4 aromatic carbocycles. The number of carboxylic acids is 1. The molecule has 302 valence electrons. The number of thioether (sulfide) groups is 2. The fraction of sp³-hybridized carbons (Fsp3) is 0.378. The molecule has 0 radical (unpaired) electrons. The standard InChI is InChI=1S/C45H54N4O6S2/c1-31(41(51)49-29-33-18-16-15-17-32(33)27-39(49)40(50)48-38(42(52)53)25-26-56-5)46-28-37(47-43(54)55-44(2,3)4)30-57-45(34-19-9-6-10-20-34,35-21-11-7-12-22-35)36-23-13-8-14-24-36/h6-24,31,37-39,46H,25-30H2,1-5H3,(H,47,54)(H,48,50)(H,52,53)/t31-,37?,38?,39?/m0/s1. The fourth-order valence-corrected chi connectivity index (χ4v) is 9.06. The number of fused-ring (bicyclic) bond motifs is 1. The zero-order chi connectivity index (χ0) is 41.0. The normalized spacial score (nSPS) is 15.7. The lowest BCUT2D eigenvalue weighted by Crippen LogP contribution is -2.59. The number of alkyl carbamates (subject to hydrolysis) is 1. The van der Waals surface area contributed by atoms with E-state index >= 15 is 0 Å². The molecule has 0 spiro atoms. The van der Waals surface area contributed by atoms with Gasteiger partial charge < -0.3 is 30.7 Å². The summed E-state index contributed by atoms with van der Waals surface area (Å²) < 4.78 is 5.05. The number of amides is 3. The van der Waals surface area contributed by atoms with Crippen LogP contribution in [-0.2, 0) is 36.8 Å². The zero-order valence-electron chi connectivity index (χ0n) is 33.3. The minimum atomic E-state index is -1.11. The van der Waals surface area contributed by atoms with Gasteiger partial charge in [-0.15, -0.1) is 11.8 Å². The largest absolute Gasteiger partial charge is 0.480 e. The second-order valence-corrected chi connectivity index (χ2v) is 17.4. The summed E-state index contributed by atoms with van der Waals surface area (Å²) in [5, 5.41) is 19.0. The quantitative estimate of drug-likeness (QED) is 0.0844. The molecule has 10 nitrogen and oxygen atoms in total. The van der Waals surface area contributed by atoms with Gasteiger partial charge in [0, 0.05) is 25.3 Å². The first-order valence-electron chi connectivity index (χ1n) is 19.2. The van der Waals surface area contributed by atoms with Crippen molar-refractivity contribution in [3.8, 4) is 0 Å². The third kappa shape index (κ3) is 11.4. The molecule has 0 saturated carbocycles. The van der Waals surface area contributed by atoms with E-state index in [1.807, 2.05) is 106 Å². The van der Waals surface area contributed by atoms with E-state index in [9.17, 15) is 24.3 Å². The highest BCUT2D eigenvalue weighted by atomic mass is 32.2. The number of aliphatic carboxylic acids is 1. The predicted molar refractivity (Wildman–Crippen MR) is 229 cm³/mol. The SMILES string of the molecule is CSCCC(NC(=O)C1Cc2ccccc2CN1C(=O)[C@H](C)NCC(CSC(c1ccccc1)(c1ccccc1)c1ccccc1)NC(=O)OC(C)(C)C)C(=O)O. The molecular formula is C45H54N4O6S2. The number of nitrogens with zero attached hydrogens (tertiary/aromatic N) is 1. The monoisotopic (exact) mass is 810 g/mol. The third-order valence-electron chi connectivity index (χ3n) is 9.86. The first-order chi connectivity index (χ1) is 27.3. The van der Waals surface area contributed by atoms with Crippen molar-refractivity contribution in [3.05, 3.63) is 143 Å². The Morgan fingerprint density at radius 3 is 1.84 bits per heavy atom. The van der Waals surface area contributed by atoms with Gasteiger partial charge in [0.25, 0.3) is 0 Å². The van der Waals surface area contributed by atoms with Crippen LogP contribution in [0.25, 0.3) is 0 Å². The van der Waals surface area contributed by atoms with Gasteiger partial charge in [-0.05, 0) is 73.9 Å². The molecule has 4 N–H and O–H groups in total. The molecule has 1 heterocycles. The molecular weight excluding hydrogens is 757 g/mol. The fourth-order valence-electron chi connectivity index (χ4n) is 7.02. The summed E-state index contributed by atoms with van der Waals surface area (Å²) in [6.07, 6.45) is 1.83. The number of hydrogen-bond donors (Lipinski definition) is 4. The molecule has 0 aromatic heterocycles. The van der Waals surface area contributed by atoms with E-state index in [-0.39, 0.29) is 31.8 Å². The molecule has 4 aromatic rings. The van der Waals surface area contributed by atoms with E-state index in [0.717, 1.165) is 27.8 Å². The van der Waals surface area contributed by atoms with Crippen LogP contribution < -0.4 is 16.0 Å². The predicted octanol–water partition coefficient (Wildman–Crippen LogP) is 6.86. The van der Waals surface area contributed by atoms with Gasteiger partial charge >= 0.3 is 12.1 Å². The lowest BCUT2D eigenvalue weighted by molar-refractivity contribution is -0.146. The van der Waals surface area contributed by atoms with E-state index in [1.165, 1.54) is 11.8 Å². The van der Waals surface area contributed by atoms with Gasteiger partial charge in [-0.1, -0.05) is 115 Å². The lowest BCUT2D eigenvalue weighted by atomic mass is 9.84. The van der Waals surface area contributed by atoms with Crippen molar-refractivity contribution in [2.75, 3.05) is 24.3 Å². The summed E-state index contributed by atoms with van der Waals surface area (Å²) in [4.78, 5) is 55.1. The van der Waals surface area contributed by atoms with Crippen LogP contribution in [0.5, 0.6) is 0 Å². The highest BCUT2D eigenvalue weighted by molar-refractivity contribution is 8.00. The Morgan fingerprint density at radius 1 is 0.807 bits per heavy atom. The van der Waals surface area contributed by atoms with Crippen molar-refractivity contribution in [1.82, 2.24) is 20.9 Å². The number of hydrogen-bond acceptors (Lipinski definition) is 8. The summed E-state index contributed by atoms with van der Waals surface area (Å²) in [5.74, 6) is -0.928. The van der Waals surface area contributed by atoms with Crippen LogP contribution in [0.1, 0.15) is 61.9 Å². The van der Waals surface area contributed by atoms with E-state index < -0.39 is 52.5 Å². The van der Waals surface area contributed by atoms with Crippen LogP contribution in [-0.4, -0.2) is 88.0 Å². The minimum Gasteiger partial charge on any atom is -0.480 e. The van der Waals surface area contributed by atoms with Crippen molar-refractivity contribution in [1.29, 1.82) is 0 Å². The lowest BCUT2D eigenvalue weighted by Gasteiger charge is -2.38. The second-order valence-electron chi connectivity index (χ2n) is 15.2. The van der Waals surface area contributed by atoms with Crippen LogP contribution in [0.15, 0.2) is 115 Å². The van der Waals surface area contributed by atoms with Crippen molar-refractivity contribution in [3.63, 3.8) is 0 Å². The number of nitrogens with one attached hydrogen (secondary N) is 3. The smallest absolute Gasteiger partial charge is 0.407 e. The molecule has 57 heavy (non-hydrogen) atoms. The Morgan fingerprint density at radius 2 is 1.33 bits per heavy atom. The molecule has 0 fully saturated rings. The highest BCUT2D eigenvalue weighted by Gasteiger charge is 2.40. The minimum absolute atomic E-state index is 0.199. The number of rotatable bonds is 17. The molecule has 12 heteroatoms. The second kappa shape index (κ2) is 20.1. The van der Waals surface area contributed by atoms with Crippen molar-refractivity contribution in [2.45, 2.75) is 81.6 Å². The van der Waals surface area contributed by atoms with E-state index in [4.69, 9.17) is 4.74 Å². The summed E-state index contributed by atoms with van der Waals surface area (Å²) in [5.41, 5.74) is 4.37. The summed E-state index contributed by atoms with van der Waals surface area (Å²) >= 11 is 3.19. The van der Waals surface area contributed by atoms with Crippen molar-refractivity contribution < 1.29 is 29.0 Å². The topological polar surface area (TPSA) is 137 Å². The van der Waals surface area contributed by atoms with Crippen LogP contribution in [0.2, 0.25) is 0 Å². The van der Waals surface area contributed by atoms with Crippen LogP contribution >= 0.6 is 23.5 Å². The number of carbonyl (C=O) groups excluding carboxylic acids is 3. The third-order valence-corrected chi connectivity index (χ3v) is 12.2. The maximum absolute atomic E-state index is 14.4. The van der Waals surface area contributed by atoms with Gasteiger partial charge in [-0.2, -0.15) is 11.8 Å². The van der Waals surface area contributed by atoms with Crippen LogP contribution in [0.3, 0.4) is 0 Å². The van der Waals surface area contributed by atoms with Crippen molar-refractivity contribution in [2.24, 2.45) is 0 Å². The first kappa shape index (κ1) is 43.3. The number of benzene rings is 4. The van der Waals surface area contributed by atoms with Crippen LogP contribution in [0, 0.1) is 0 Å². The Hall–Kier alpha value is -4.78. The first-order valence-corrected chi connectivity index (χ1v) is 21.6. The molecule has 1 aliphatic rings. The summed E-state index contributed by atoms with van der Waals surface area (Å²) in [7, 11) is 0. The van der Waals surface area contributed by atoms with Gasteiger partial charge in [0.05, 0.1) is 16.8 Å². The zero-order valence-corrected chi connectivity index (χ0v) is 34.9. The van der Waals surface area contributed by atoms with Gasteiger partial charge in [-0.25, -0.2) is 9.59 Å². The van der Waals surface area contributed by atoms with Gasteiger partial charge in [0.2, 0.25) is 11.8 Å². The molecule has 4 atom stereocenters. The Balaban J connectivity index is 1.41. The summed E-state index contributed by atoms with van der Waals surface area (Å²) in [6, 6.07) is 35.3. The van der Waals surface area contributed by atoms with Gasteiger partial charge in [0.1, 0.15) is 17.7 Å². The molecule has 0 saturated heterocycles. The molecule has 0 bridgehead atoms. The molecule has 5 rings (SSSR count). The molecule has 3 unspecified atom stereocenters. The maximum atomic E-state index is 14.4. The molecule has 0 aliphatic carbocycles. The average Bonchev–Trinajstić information content (AvgIpc) is 3.21. The summed E-state index contributed by atoms with van der Waals surface area (Å²) in [6.45, 7) is 7.59. The van der Waals surface area contributed by atoms with E-state index in [2.05, 4.69) is 52.3 Å². The maximum Gasteiger partial charge on any atom is 0.407 e. The van der Waals surface area contributed by atoms with Gasteiger partial charge in [0.15, 0.2) is 0 Å². The molecule has 3 amide bonds. The Bertz CT molecular complexity index is 1850. The number of carboxylic acid groups (broad SMARTS) is 1. The highest BCUT2D eigenvalue weighted by Crippen LogP contribution is 2.48. The van der Waals surface area contributed by atoms with E-state index in [1.54, 1.807) is 23.6 Å². The van der Waals surface area contributed by atoms with E-state index in [0.29, 0.717) is 11.5 Å². The van der Waals surface area contributed by atoms with Crippen molar-refractivity contribution >= 4 is 47.4 Å².